The van der Waals surface area contributed by atoms with Crippen LogP contribution in [-0.2, 0) is 5.41 Å². The van der Waals surface area contributed by atoms with Crippen LogP contribution in [0.3, 0.4) is 0 Å². The molecule has 0 fully saturated rings. The first kappa shape index (κ1) is 14.6. The van der Waals surface area contributed by atoms with Crippen molar-refractivity contribution < 1.29 is 4.74 Å². The van der Waals surface area contributed by atoms with Gasteiger partial charge >= 0.3 is 0 Å². The highest BCUT2D eigenvalue weighted by Crippen LogP contribution is 2.33. The van der Waals surface area contributed by atoms with Crippen molar-refractivity contribution in [3.8, 4) is 17.0 Å². The molecule has 0 aliphatic heterocycles. The highest BCUT2D eigenvalue weighted by atomic mass is 35.5. The summed E-state index contributed by atoms with van der Waals surface area (Å²) >= 11 is 6.06. The van der Waals surface area contributed by atoms with E-state index in [0.29, 0.717) is 28.1 Å². The summed E-state index contributed by atoms with van der Waals surface area (Å²) in [4.78, 5) is 8.90. The fourth-order valence-electron chi connectivity index (χ4n) is 1.82. The molecule has 0 unspecified atom stereocenters. The Balaban J connectivity index is 2.64. The number of hydrogen-bond acceptors (Lipinski definition) is 4. The molecule has 2 aromatic rings. The zero-order valence-corrected chi connectivity index (χ0v) is 12.8. The van der Waals surface area contributed by atoms with Gasteiger partial charge in [0.2, 0.25) is 0 Å². The Morgan fingerprint density at radius 1 is 1.15 bits per heavy atom. The number of aromatic nitrogens is 2. The van der Waals surface area contributed by atoms with Crippen molar-refractivity contribution in [2.45, 2.75) is 26.2 Å². The average molecular weight is 292 g/mol. The van der Waals surface area contributed by atoms with Gasteiger partial charge in [-0.15, -0.1) is 0 Å². The fourth-order valence-corrected chi connectivity index (χ4v) is 1.99. The van der Waals surface area contributed by atoms with Gasteiger partial charge in [-0.2, -0.15) is 0 Å². The van der Waals surface area contributed by atoms with Crippen LogP contribution in [0.4, 0.5) is 5.82 Å². The normalized spacial score (nSPS) is 11.4. The molecule has 0 amide bonds. The lowest BCUT2D eigenvalue weighted by molar-refractivity contribution is 0.416. The topological polar surface area (TPSA) is 61.0 Å². The predicted octanol–water partition coefficient (Wildman–Crippen LogP) is 3.69. The zero-order valence-electron chi connectivity index (χ0n) is 12.1. The number of nitrogens with two attached hydrogens (primary N) is 1. The van der Waals surface area contributed by atoms with Crippen LogP contribution < -0.4 is 10.5 Å². The lowest BCUT2D eigenvalue weighted by atomic mass is 9.95. The first-order chi connectivity index (χ1) is 9.31. The van der Waals surface area contributed by atoms with E-state index in [4.69, 9.17) is 22.1 Å². The Kier molecular flexibility index (Phi) is 3.86. The Hall–Kier alpha value is -1.81. The predicted molar refractivity (Wildman–Crippen MR) is 82.1 cm³/mol. The second kappa shape index (κ2) is 5.29. The Labute approximate surface area is 124 Å². The van der Waals surface area contributed by atoms with E-state index in [0.717, 1.165) is 5.56 Å². The molecule has 2 rings (SSSR count). The Morgan fingerprint density at radius 2 is 1.85 bits per heavy atom. The van der Waals surface area contributed by atoms with Gasteiger partial charge in [0, 0.05) is 22.1 Å². The molecular formula is C15H18ClN3O. The zero-order chi connectivity index (χ0) is 14.9. The van der Waals surface area contributed by atoms with E-state index in [9.17, 15) is 0 Å². The minimum absolute atomic E-state index is 0.185. The van der Waals surface area contributed by atoms with Gasteiger partial charge in [0.05, 0.1) is 12.8 Å². The third kappa shape index (κ3) is 3.02. The van der Waals surface area contributed by atoms with Crippen molar-refractivity contribution >= 4 is 17.4 Å². The van der Waals surface area contributed by atoms with Crippen LogP contribution in [0.2, 0.25) is 5.02 Å². The molecule has 0 bridgehead atoms. The maximum absolute atomic E-state index is 6.06. The smallest absolute Gasteiger partial charge is 0.136 e. The summed E-state index contributed by atoms with van der Waals surface area (Å²) in [5.74, 6) is 1.82. The molecule has 0 atom stereocenters. The summed E-state index contributed by atoms with van der Waals surface area (Å²) in [5.41, 5.74) is 7.23. The van der Waals surface area contributed by atoms with Gasteiger partial charge < -0.3 is 10.5 Å². The second-order valence-corrected chi connectivity index (χ2v) is 6.03. The lowest BCUT2D eigenvalue weighted by Gasteiger charge is -2.18. The van der Waals surface area contributed by atoms with Crippen LogP contribution in [0.25, 0.3) is 11.3 Å². The van der Waals surface area contributed by atoms with Crippen LogP contribution in [0, 0.1) is 0 Å². The number of nitrogens with zero attached hydrogens (tertiary/aromatic N) is 2. The molecular weight excluding hydrogens is 274 g/mol. The largest absolute Gasteiger partial charge is 0.496 e. The van der Waals surface area contributed by atoms with Crippen LogP contribution in [-0.4, -0.2) is 17.1 Å². The van der Waals surface area contributed by atoms with Crippen LogP contribution in [0.5, 0.6) is 5.75 Å². The minimum atomic E-state index is -0.185. The molecule has 0 spiro atoms. The number of hydrogen-bond donors (Lipinski definition) is 1. The number of benzene rings is 1. The van der Waals surface area contributed by atoms with Gasteiger partial charge in [-0.1, -0.05) is 32.4 Å². The lowest BCUT2D eigenvalue weighted by Crippen LogP contribution is -2.17. The maximum Gasteiger partial charge on any atom is 0.136 e. The maximum atomic E-state index is 6.06. The standard InChI is InChI=1S/C15H18ClN3O/c1-15(2,3)14-18-11(8-13(17)19-14)10-7-9(16)5-6-12(10)20-4/h5-8H,1-4H3,(H2,17,18,19). The summed E-state index contributed by atoms with van der Waals surface area (Å²) in [7, 11) is 1.61. The van der Waals surface area contributed by atoms with Crippen LogP contribution in [0.15, 0.2) is 24.3 Å². The number of nitrogen functional groups attached to an aromatic ring is 1. The van der Waals surface area contributed by atoms with E-state index in [1.54, 1.807) is 19.2 Å². The third-order valence-corrected chi connectivity index (χ3v) is 3.09. The van der Waals surface area contributed by atoms with Crippen molar-refractivity contribution in [2.75, 3.05) is 12.8 Å². The van der Waals surface area contributed by atoms with Gasteiger partial charge in [0.25, 0.3) is 0 Å². The van der Waals surface area contributed by atoms with Gasteiger partial charge in [-0.3, -0.25) is 0 Å². The monoisotopic (exact) mass is 291 g/mol. The number of methoxy groups -OCH3 is 1. The quantitative estimate of drug-likeness (QED) is 0.917. The van der Waals surface area contributed by atoms with Crippen molar-refractivity contribution in [3.63, 3.8) is 0 Å². The van der Waals surface area contributed by atoms with E-state index in [1.165, 1.54) is 0 Å². The summed E-state index contributed by atoms with van der Waals surface area (Å²) in [5, 5.41) is 0.621. The van der Waals surface area contributed by atoms with Crippen molar-refractivity contribution in [1.82, 2.24) is 9.97 Å². The van der Waals surface area contributed by atoms with E-state index in [-0.39, 0.29) is 5.41 Å². The molecule has 5 heteroatoms. The molecule has 0 saturated heterocycles. The highest BCUT2D eigenvalue weighted by Gasteiger charge is 2.20. The summed E-state index contributed by atoms with van der Waals surface area (Å²) in [6.07, 6.45) is 0. The first-order valence-electron chi connectivity index (χ1n) is 6.30. The molecule has 20 heavy (non-hydrogen) atoms. The highest BCUT2D eigenvalue weighted by molar-refractivity contribution is 6.30. The van der Waals surface area contributed by atoms with Crippen molar-refractivity contribution in [3.05, 3.63) is 35.1 Å². The van der Waals surface area contributed by atoms with Gasteiger partial charge in [0.15, 0.2) is 0 Å². The molecule has 0 radical (unpaired) electrons. The van der Waals surface area contributed by atoms with E-state index >= 15 is 0 Å². The van der Waals surface area contributed by atoms with Crippen LogP contribution >= 0.6 is 11.6 Å². The number of anilines is 1. The molecule has 0 aliphatic rings. The number of rotatable bonds is 2. The summed E-state index contributed by atoms with van der Waals surface area (Å²) < 4.78 is 5.36. The summed E-state index contributed by atoms with van der Waals surface area (Å²) in [6, 6.07) is 7.13. The molecule has 1 aromatic carbocycles. The molecule has 2 N–H and O–H groups in total. The van der Waals surface area contributed by atoms with Crippen molar-refractivity contribution in [1.29, 1.82) is 0 Å². The molecule has 106 valence electrons. The average Bonchev–Trinajstić information content (AvgIpc) is 2.37. The minimum Gasteiger partial charge on any atom is -0.496 e. The van der Waals surface area contributed by atoms with Gasteiger partial charge in [0.1, 0.15) is 17.4 Å². The molecule has 0 saturated carbocycles. The van der Waals surface area contributed by atoms with E-state index in [2.05, 4.69) is 9.97 Å². The third-order valence-electron chi connectivity index (χ3n) is 2.85. The molecule has 4 nitrogen and oxygen atoms in total. The molecule has 0 aliphatic carbocycles. The van der Waals surface area contributed by atoms with E-state index in [1.807, 2.05) is 32.9 Å². The molecule has 1 aromatic heterocycles. The Bertz CT molecular complexity index is 636. The number of ether oxygens (including phenoxy) is 1. The van der Waals surface area contributed by atoms with Gasteiger partial charge in [-0.25, -0.2) is 9.97 Å². The summed E-state index contributed by atoms with van der Waals surface area (Å²) in [6.45, 7) is 6.13. The van der Waals surface area contributed by atoms with Crippen LogP contribution in [0.1, 0.15) is 26.6 Å². The first-order valence-corrected chi connectivity index (χ1v) is 6.68. The SMILES string of the molecule is COc1ccc(Cl)cc1-c1cc(N)nc(C(C)(C)C)n1. The fraction of sp³-hybridized carbons (Fsp3) is 0.333. The molecule has 1 heterocycles. The van der Waals surface area contributed by atoms with E-state index < -0.39 is 0 Å². The number of halogens is 1. The van der Waals surface area contributed by atoms with Crippen molar-refractivity contribution in [2.24, 2.45) is 0 Å². The Morgan fingerprint density at radius 3 is 2.45 bits per heavy atom. The second-order valence-electron chi connectivity index (χ2n) is 5.60. The van der Waals surface area contributed by atoms with Gasteiger partial charge in [-0.05, 0) is 18.2 Å².